The highest BCUT2D eigenvalue weighted by Crippen LogP contribution is 2.23. The highest BCUT2D eigenvalue weighted by atomic mass is 15.1. The summed E-state index contributed by atoms with van der Waals surface area (Å²) in [7, 11) is 2.08. The zero-order valence-corrected chi connectivity index (χ0v) is 10.1. The second-order valence-corrected chi connectivity index (χ2v) is 4.10. The summed E-state index contributed by atoms with van der Waals surface area (Å²) in [6.45, 7) is 0.702. The molecule has 2 nitrogen and oxygen atoms in total. The Hall–Kier alpha value is -1.80. The van der Waals surface area contributed by atoms with E-state index in [0.29, 0.717) is 6.54 Å². The summed E-state index contributed by atoms with van der Waals surface area (Å²) >= 11 is 0. The van der Waals surface area contributed by atoms with Crippen LogP contribution in [0.4, 0.5) is 11.4 Å². The molecule has 0 atom stereocenters. The maximum Gasteiger partial charge on any atom is 0.0408 e. The van der Waals surface area contributed by atoms with Gasteiger partial charge in [0.2, 0.25) is 0 Å². The number of hydrogen-bond acceptors (Lipinski definition) is 2. The molecule has 0 aromatic heterocycles. The summed E-state index contributed by atoms with van der Waals surface area (Å²) in [5, 5.41) is 0. The van der Waals surface area contributed by atoms with Crippen LogP contribution < -0.4 is 10.6 Å². The lowest BCUT2D eigenvalue weighted by atomic mass is 10.1. The smallest absolute Gasteiger partial charge is 0.0408 e. The molecule has 0 aliphatic heterocycles. The summed E-state index contributed by atoms with van der Waals surface area (Å²) in [5.74, 6) is 0. The Balaban J connectivity index is 2.17. The molecule has 2 aromatic carbocycles. The molecule has 0 saturated heterocycles. The number of rotatable bonds is 4. The largest absolute Gasteiger partial charge is 0.345 e. The minimum Gasteiger partial charge on any atom is -0.345 e. The first-order valence-corrected chi connectivity index (χ1v) is 5.89. The van der Waals surface area contributed by atoms with Gasteiger partial charge in [0.25, 0.3) is 0 Å². The highest BCUT2D eigenvalue weighted by Gasteiger charge is 2.02. The van der Waals surface area contributed by atoms with Crippen LogP contribution in [-0.2, 0) is 6.42 Å². The summed E-state index contributed by atoms with van der Waals surface area (Å²) in [6.07, 6.45) is 0.940. The van der Waals surface area contributed by atoms with Crippen LogP contribution in [-0.4, -0.2) is 13.6 Å². The lowest BCUT2D eigenvalue weighted by Crippen LogP contribution is -2.09. The average molecular weight is 226 g/mol. The number of hydrogen-bond donors (Lipinski definition) is 1. The molecule has 0 radical (unpaired) electrons. The Morgan fingerprint density at radius 3 is 2.06 bits per heavy atom. The van der Waals surface area contributed by atoms with Crippen molar-refractivity contribution in [3.8, 4) is 0 Å². The van der Waals surface area contributed by atoms with E-state index in [2.05, 4.69) is 60.5 Å². The number of nitrogens with zero attached hydrogens (tertiary/aromatic N) is 1. The van der Waals surface area contributed by atoms with Crippen LogP contribution in [0.2, 0.25) is 0 Å². The predicted molar refractivity (Wildman–Crippen MR) is 73.7 cm³/mol. The Labute approximate surface area is 103 Å². The van der Waals surface area contributed by atoms with E-state index >= 15 is 0 Å². The van der Waals surface area contributed by atoms with Crippen LogP contribution in [0, 0.1) is 0 Å². The summed E-state index contributed by atoms with van der Waals surface area (Å²) in [5.41, 5.74) is 9.21. The van der Waals surface area contributed by atoms with E-state index in [9.17, 15) is 0 Å². The van der Waals surface area contributed by atoms with Gasteiger partial charge in [0.05, 0.1) is 0 Å². The van der Waals surface area contributed by atoms with E-state index in [1.165, 1.54) is 16.9 Å². The van der Waals surface area contributed by atoms with Gasteiger partial charge in [-0.25, -0.2) is 0 Å². The van der Waals surface area contributed by atoms with Gasteiger partial charge in [-0.2, -0.15) is 0 Å². The van der Waals surface area contributed by atoms with E-state index in [4.69, 9.17) is 5.73 Å². The minimum atomic E-state index is 0.702. The third-order valence-electron chi connectivity index (χ3n) is 2.90. The van der Waals surface area contributed by atoms with Crippen LogP contribution in [0.25, 0.3) is 0 Å². The molecular weight excluding hydrogens is 208 g/mol. The average Bonchev–Trinajstić information content (AvgIpc) is 2.40. The molecule has 2 rings (SSSR count). The zero-order chi connectivity index (χ0) is 12.1. The summed E-state index contributed by atoms with van der Waals surface area (Å²) < 4.78 is 0. The Kier molecular flexibility index (Phi) is 3.78. The van der Waals surface area contributed by atoms with E-state index in [-0.39, 0.29) is 0 Å². The lowest BCUT2D eigenvalue weighted by Gasteiger charge is -2.19. The second-order valence-electron chi connectivity index (χ2n) is 4.10. The van der Waals surface area contributed by atoms with Crippen molar-refractivity contribution < 1.29 is 0 Å². The van der Waals surface area contributed by atoms with Crippen LogP contribution in [0.5, 0.6) is 0 Å². The van der Waals surface area contributed by atoms with Crippen molar-refractivity contribution in [1.82, 2.24) is 0 Å². The third-order valence-corrected chi connectivity index (χ3v) is 2.90. The van der Waals surface area contributed by atoms with Crippen LogP contribution in [0.3, 0.4) is 0 Å². The van der Waals surface area contributed by atoms with Crippen molar-refractivity contribution >= 4 is 11.4 Å². The molecule has 0 saturated carbocycles. The van der Waals surface area contributed by atoms with Crippen molar-refractivity contribution in [2.75, 3.05) is 18.5 Å². The molecule has 0 heterocycles. The van der Waals surface area contributed by atoms with Crippen molar-refractivity contribution in [3.05, 3.63) is 60.2 Å². The monoisotopic (exact) mass is 226 g/mol. The van der Waals surface area contributed by atoms with E-state index in [0.717, 1.165) is 6.42 Å². The van der Waals surface area contributed by atoms with Gasteiger partial charge in [0, 0.05) is 18.4 Å². The fourth-order valence-corrected chi connectivity index (χ4v) is 1.85. The van der Waals surface area contributed by atoms with Crippen LogP contribution in [0.1, 0.15) is 5.56 Å². The third kappa shape index (κ3) is 2.86. The Morgan fingerprint density at radius 1 is 0.882 bits per heavy atom. The molecule has 88 valence electrons. The molecule has 2 heteroatoms. The highest BCUT2D eigenvalue weighted by molar-refractivity contribution is 5.62. The quantitative estimate of drug-likeness (QED) is 0.868. The van der Waals surface area contributed by atoms with E-state index in [1.54, 1.807) is 0 Å². The van der Waals surface area contributed by atoms with Gasteiger partial charge in [-0.3, -0.25) is 0 Å². The number of anilines is 2. The fourth-order valence-electron chi connectivity index (χ4n) is 1.85. The predicted octanol–water partition coefficient (Wildman–Crippen LogP) is 2.96. The number of para-hydroxylation sites is 1. The van der Waals surface area contributed by atoms with Gasteiger partial charge < -0.3 is 10.6 Å². The van der Waals surface area contributed by atoms with Crippen molar-refractivity contribution in [1.29, 1.82) is 0 Å². The molecular formula is C15H18N2. The normalized spacial score (nSPS) is 10.2. The molecule has 0 aliphatic carbocycles. The molecule has 17 heavy (non-hydrogen) atoms. The number of benzene rings is 2. The molecule has 0 spiro atoms. The maximum absolute atomic E-state index is 5.54. The Morgan fingerprint density at radius 2 is 1.47 bits per heavy atom. The van der Waals surface area contributed by atoms with E-state index < -0.39 is 0 Å². The van der Waals surface area contributed by atoms with Gasteiger partial charge >= 0.3 is 0 Å². The van der Waals surface area contributed by atoms with Gasteiger partial charge in [-0.05, 0) is 42.8 Å². The van der Waals surface area contributed by atoms with Gasteiger partial charge in [0.15, 0.2) is 0 Å². The molecule has 0 unspecified atom stereocenters. The lowest BCUT2D eigenvalue weighted by molar-refractivity contribution is 0.968. The van der Waals surface area contributed by atoms with Crippen molar-refractivity contribution in [2.24, 2.45) is 5.73 Å². The summed E-state index contributed by atoms with van der Waals surface area (Å²) in [4.78, 5) is 2.17. The van der Waals surface area contributed by atoms with Crippen LogP contribution in [0.15, 0.2) is 54.6 Å². The topological polar surface area (TPSA) is 29.3 Å². The molecule has 0 fully saturated rings. The fraction of sp³-hybridized carbons (Fsp3) is 0.200. The molecule has 0 amide bonds. The first-order chi connectivity index (χ1) is 8.31. The minimum absolute atomic E-state index is 0.702. The van der Waals surface area contributed by atoms with Gasteiger partial charge in [0.1, 0.15) is 0 Å². The van der Waals surface area contributed by atoms with Gasteiger partial charge in [-0.15, -0.1) is 0 Å². The first kappa shape index (κ1) is 11.7. The SMILES string of the molecule is CN(c1ccccc1)c1ccc(CCN)cc1. The second kappa shape index (κ2) is 5.51. The van der Waals surface area contributed by atoms with Crippen molar-refractivity contribution in [2.45, 2.75) is 6.42 Å². The summed E-state index contributed by atoms with van der Waals surface area (Å²) in [6, 6.07) is 18.9. The van der Waals surface area contributed by atoms with Crippen molar-refractivity contribution in [3.63, 3.8) is 0 Å². The van der Waals surface area contributed by atoms with Crippen LogP contribution >= 0.6 is 0 Å². The first-order valence-electron chi connectivity index (χ1n) is 5.89. The number of nitrogens with two attached hydrogens (primary N) is 1. The molecule has 2 aromatic rings. The maximum atomic E-state index is 5.54. The molecule has 0 bridgehead atoms. The van der Waals surface area contributed by atoms with E-state index in [1.807, 2.05) is 6.07 Å². The Bertz CT molecular complexity index is 448. The molecule has 2 N–H and O–H groups in total. The zero-order valence-electron chi connectivity index (χ0n) is 10.1. The molecule has 0 aliphatic rings. The standard InChI is InChI=1S/C15H18N2/c1-17(14-5-3-2-4-6-14)15-9-7-13(8-10-15)11-12-16/h2-10H,11-12,16H2,1H3. The van der Waals surface area contributed by atoms with Gasteiger partial charge in [-0.1, -0.05) is 30.3 Å².